The SMILES string of the molecule is Cc1noc(C2CN(CCN3C(=O)NC(C)(C)C3=O)CCN2C)n1. The van der Waals surface area contributed by atoms with Gasteiger partial charge in [0.1, 0.15) is 11.6 Å². The first-order valence-electron chi connectivity index (χ1n) is 8.15. The summed E-state index contributed by atoms with van der Waals surface area (Å²) in [5.41, 5.74) is -0.816. The van der Waals surface area contributed by atoms with Crippen molar-refractivity contribution in [2.75, 3.05) is 39.8 Å². The smallest absolute Gasteiger partial charge is 0.325 e. The second kappa shape index (κ2) is 6.14. The molecule has 3 amide bonds. The van der Waals surface area contributed by atoms with Crippen molar-refractivity contribution in [3.05, 3.63) is 11.7 Å². The fraction of sp³-hybridized carbons (Fsp3) is 0.733. The molecule has 0 aromatic carbocycles. The lowest BCUT2D eigenvalue weighted by Gasteiger charge is -2.37. The molecule has 9 heteroatoms. The minimum absolute atomic E-state index is 0.0273. The minimum Gasteiger partial charge on any atom is -0.338 e. The summed E-state index contributed by atoms with van der Waals surface area (Å²) < 4.78 is 5.30. The van der Waals surface area contributed by atoms with Crippen molar-refractivity contribution in [1.82, 2.24) is 30.2 Å². The molecule has 1 atom stereocenters. The van der Waals surface area contributed by atoms with Gasteiger partial charge in [0.15, 0.2) is 5.82 Å². The molecule has 3 rings (SSSR count). The number of hydrogen-bond acceptors (Lipinski definition) is 7. The maximum atomic E-state index is 12.2. The second-order valence-corrected chi connectivity index (χ2v) is 6.99. The zero-order chi connectivity index (χ0) is 17.5. The van der Waals surface area contributed by atoms with Gasteiger partial charge in [-0.3, -0.25) is 19.5 Å². The number of imide groups is 1. The molecule has 3 heterocycles. The molecular formula is C15H24N6O3. The highest BCUT2D eigenvalue weighted by molar-refractivity contribution is 6.06. The Bertz CT molecular complexity index is 643. The summed E-state index contributed by atoms with van der Waals surface area (Å²) in [7, 11) is 2.03. The van der Waals surface area contributed by atoms with Crippen LogP contribution in [-0.2, 0) is 4.79 Å². The van der Waals surface area contributed by atoms with Gasteiger partial charge >= 0.3 is 6.03 Å². The molecule has 1 unspecified atom stereocenters. The highest BCUT2D eigenvalue weighted by atomic mass is 16.5. The number of carbonyl (C=O) groups excluding carboxylic acids is 2. The average Bonchev–Trinajstić information content (AvgIpc) is 3.01. The number of likely N-dealkylation sites (N-methyl/N-ethyl adjacent to an activating group) is 1. The molecular weight excluding hydrogens is 312 g/mol. The van der Waals surface area contributed by atoms with E-state index >= 15 is 0 Å². The fourth-order valence-corrected chi connectivity index (χ4v) is 3.11. The van der Waals surface area contributed by atoms with Crippen molar-refractivity contribution in [3.8, 4) is 0 Å². The van der Waals surface area contributed by atoms with Crippen LogP contribution in [0.5, 0.6) is 0 Å². The summed E-state index contributed by atoms with van der Waals surface area (Å²) in [6.45, 7) is 8.71. The number of piperazine rings is 1. The molecule has 0 aliphatic carbocycles. The first kappa shape index (κ1) is 16.8. The molecule has 0 radical (unpaired) electrons. The number of amides is 3. The van der Waals surface area contributed by atoms with E-state index in [1.165, 1.54) is 4.90 Å². The van der Waals surface area contributed by atoms with Gasteiger partial charge in [-0.15, -0.1) is 0 Å². The molecule has 132 valence electrons. The number of hydrogen-bond donors (Lipinski definition) is 1. The van der Waals surface area contributed by atoms with Gasteiger partial charge in [0.2, 0.25) is 5.89 Å². The van der Waals surface area contributed by atoms with Gasteiger partial charge in [-0.1, -0.05) is 5.16 Å². The van der Waals surface area contributed by atoms with Crippen molar-refractivity contribution in [2.24, 2.45) is 0 Å². The highest BCUT2D eigenvalue weighted by Crippen LogP contribution is 2.23. The molecule has 2 aliphatic rings. The van der Waals surface area contributed by atoms with Crippen LogP contribution in [0, 0.1) is 6.92 Å². The van der Waals surface area contributed by atoms with Crippen LogP contribution < -0.4 is 5.32 Å². The van der Waals surface area contributed by atoms with E-state index in [0.717, 1.165) is 19.6 Å². The van der Waals surface area contributed by atoms with Gasteiger partial charge in [0, 0.05) is 32.7 Å². The molecule has 2 fully saturated rings. The number of aromatic nitrogens is 2. The van der Waals surface area contributed by atoms with Crippen LogP contribution in [0.15, 0.2) is 4.52 Å². The summed E-state index contributed by atoms with van der Waals surface area (Å²) >= 11 is 0. The zero-order valence-corrected chi connectivity index (χ0v) is 14.6. The summed E-state index contributed by atoms with van der Waals surface area (Å²) in [4.78, 5) is 34.2. The Morgan fingerprint density at radius 3 is 2.62 bits per heavy atom. The Balaban J connectivity index is 1.60. The average molecular weight is 336 g/mol. The van der Waals surface area contributed by atoms with Crippen LogP contribution in [0.2, 0.25) is 0 Å². The lowest BCUT2D eigenvalue weighted by molar-refractivity contribution is -0.130. The monoisotopic (exact) mass is 336 g/mol. The Hall–Kier alpha value is -2.00. The first-order valence-corrected chi connectivity index (χ1v) is 8.15. The van der Waals surface area contributed by atoms with Crippen LogP contribution in [0.4, 0.5) is 4.79 Å². The molecule has 0 saturated carbocycles. The summed E-state index contributed by atoms with van der Waals surface area (Å²) in [6.07, 6.45) is 0. The predicted octanol–water partition coefficient (Wildman–Crippen LogP) is -0.00308. The van der Waals surface area contributed by atoms with Gasteiger partial charge in [-0.2, -0.15) is 4.98 Å². The van der Waals surface area contributed by atoms with Gasteiger partial charge in [-0.25, -0.2) is 4.79 Å². The van der Waals surface area contributed by atoms with Crippen LogP contribution in [0.3, 0.4) is 0 Å². The third-order valence-corrected chi connectivity index (χ3v) is 4.64. The summed E-state index contributed by atoms with van der Waals surface area (Å²) in [5.74, 6) is 1.05. The predicted molar refractivity (Wildman–Crippen MR) is 85.2 cm³/mol. The van der Waals surface area contributed by atoms with E-state index in [2.05, 4.69) is 25.3 Å². The zero-order valence-electron chi connectivity index (χ0n) is 14.6. The quantitative estimate of drug-likeness (QED) is 0.773. The molecule has 0 spiro atoms. The van der Waals surface area contributed by atoms with E-state index < -0.39 is 5.54 Å². The Morgan fingerprint density at radius 1 is 1.29 bits per heavy atom. The van der Waals surface area contributed by atoms with E-state index in [1.807, 2.05) is 7.05 Å². The topological polar surface area (TPSA) is 94.8 Å². The first-order chi connectivity index (χ1) is 11.3. The maximum Gasteiger partial charge on any atom is 0.325 e. The Kier molecular flexibility index (Phi) is 4.31. The van der Waals surface area contributed by atoms with Gasteiger partial charge in [-0.05, 0) is 27.8 Å². The fourth-order valence-electron chi connectivity index (χ4n) is 3.11. The number of urea groups is 1. The van der Waals surface area contributed by atoms with Crippen LogP contribution in [0.25, 0.3) is 0 Å². The number of aryl methyl sites for hydroxylation is 1. The maximum absolute atomic E-state index is 12.2. The lowest BCUT2D eigenvalue weighted by Crippen LogP contribution is -2.49. The van der Waals surface area contributed by atoms with E-state index in [1.54, 1.807) is 20.8 Å². The Morgan fingerprint density at radius 2 is 2.04 bits per heavy atom. The lowest BCUT2D eigenvalue weighted by atomic mass is 10.1. The summed E-state index contributed by atoms with van der Waals surface area (Å²) in [6, 6.07) is -0.289. The molecule has 1 aromatic rings. The van der Waals surface area contributed by atoms with E-state index in [0.29, 0.717) is 24.8 Å². The number of nitrogens with one attached hydrogen (secondary N) is 1. The standard InChI is InChI=1S/C15H24N6O3/c1-10-16-12(24-18-10)11-9-20(6-5-19(11)4)7-8-21-13(22)15(2,3)17-14(21)23/h11H,5-9H2,1-4H3,(H,17,23). The minimum atomic E-state index is -0.816. The normalized spacial score (nSPS) is 25.3. The van der Waals surface area contributed by atoms with Gasteiger partial charge in [0.05, 0.1) is 0 Å². The van der Waals surface area contributed by atoms with Crippen molar-refractivity contribution in [1.29, 1.82) is 0 Å². The van der Waals surface area contributed by atoms with Crippen LogP contribution in [-0.4, -0.2) is 82.1 Å². The number of nitrogens with zero attached hydrogens (tertiary/aromatic N) is 5. The van der Waals surface area contributed by atoms with E-state index in [9.17, 15) is 9.59 Å². The van der Waals surface area contributed by atoms with Crippen LogP contribution >= 0.6 is 0 Å². The molecule has 2 saturated heterocycles. The Labute approximate surface area is 141 Å². The molecule has 0 bridgehead atoms. The molecule has 24 heavy (non-hydrogen) atoms. The van der Waals surface area contributed by atoms with Gasteiger partial charge in [0.25, 0.3) is 5.91 Å². The van der Waals surface area contributed by atoms with Crippen molar-refractivity contribution in [3.63, 3.8) is 0 Å². The number of carbonyl (C=O) groups is 2. The van der Waals surface area contributed by atoms with Gasteiger partial charge < -0.3 is 9.84 Å². The molecule has 1 aromatic heterocycles. The van der Waals surface area contributed by atoms with Crippen molar-refractivity contribution in [2.45, 2.75) is 32.4 Å². The largest absolute Gasteiger partial charge is 0.338 e. The van der Waals surface area contributed by atoms with Crippen molar-refractivity contribution >= 4 is 11.9 Å². The third kappa shape index (κ3) is 3.13. The second-order valence-electron chi connectivity index (χ2n) is 6.99. The summed E-state index contributed by atoms with van der Waals surface area (Å²) in [5, 5.41) is 6.56. The highest BCUT2D eigenvalue weighted by Gasteiger charge is 2.44. The van der Waals surface area contributed by atoms with Crippen molar-refractivity contribution < 1.29 is 14.1 Å². The molecule has 2 aliphatic heterocycles. The van der Waals surface area contributed by atoms with Crippen LogP contribution in [0.1, 0.15) is 31.6 Å². The third-order valence-electron chi connectivity index (χ3n) is 4.64. The molecule has 1 N–H and O–H groups in total. The number of rotatable bonds is 4. The van der Waals surface area contributed by atoms with E-state index in [4.69, 9.17) is 4.52 Å². The molecule has 9 nitrogen and oxygen atoms in total. The van der Waals surface area contributed by atoms with E-state index in [-0.39, 0.29) is 18.0 Å².